The lowest BCUT2D eigenvalue weighted by Crippen LogP contribution is -2.35. The molecule has 1 atom stereocenters. The van der Waals surface area contributed by atoms with Crippen LogP contribution in [0.4, 0.5) is 5.69 Å². The smallest absolute Gasteiger partial charge is 0.308 e. The zero-order chi connectivity index (χ0) is 23.5. The average molecular weight is 440 g/mol. The van der Waals surface area contributed by atoms with Crippen LogP contribution in [-0.4, -0.2) is 54.3 Å². The van der Waals surface area contributed by atoms with E-state index >= 15 is 0 Å². The van der Waals surface area contributed by atoms with Crippen LogP contribution in [0.15, 0.2) is 54.6 Å². The molecule has 0 bridgehead atoms. The maximum absolute atomic E-state index is 12.4. The Morgan fingerprint density at radius 1 is 0.938 bits per heavy atom. The van der Waals surface area contributed by atoms with Gasteiger partial charge in [-0.3, -0.25) is 19.2 Å². The number of anilines is 1. The van der Waals surface area contributed by atoms with Gasteiger partial charge in [0.15, 0.2) is 6.61 Å². The van der Waals surface area contributed by atoms with Crippen molar-refractivity contribution in [3.8, 4) is 0 Å². The van der Waals surface area contributed by atoms with Gasteiger partial charge in [-0.15, -0.1) is 0 Å². The molecule has 0 aliphatic rings. The number of benzene rings is 2. The van der Waals surface area contributed by atoms with Gasteiger partial charge in [-0.2, -0.15) is 0 Å². The summed E-state index contributed by atoms with van der Waals surface area (Å²) in [6.07, 6.45) is -0.0697. The summed E-state index contributed by atoms with van der Waals surface area (Å²) in [6, 6.07) is 14.8. The second-order valence-electron chi connectivity index (χ2n) is 7.21. The van der Waals surface area contributed by atoms with Crippen molar-refractivity contribution in [2.24, 2.45) is 0 Å². The van der Waals surface area contributed by atoms with Gasteiger partial charge in [-0.1, -0.05) is 24.3 Å². The molecule has 0 fully saturated rings. The molecule has 2 aromatic carbocycles. The molecular weight excluding hydrogens is 410 g/mol. The number of amides is 3. The predicted octanol–water partition coefficient (Wildman–Crippen LogP) is 2.86. The van der Waals surface area contributed by atoms with Crippen LogP contribution in [0.5, 0.6) is 0 Å². The van der Waals surface area contributed by atoms with Crippen LogP contribution >= 0.6 is 0 Å². The highest BCUT2D eigenvalue weighted by atomic mass is 16.5. The highest BCUT2D eigenvalue weighted by Gasteiger charge is 2.16. The lowest BCUT2D eigenvalue weighted by atomic mass is 10.1. The van der Waals surface area contributed by atoms with E-state index in [0.29, 0.717) is 29.9 Å². The van der Waals surface area contributed by atoms with Crippen LogP contribution in [0, 0.1) is 0 Å². The van der Waals surface area contributed by atoms with Gasteiger partial charge in [0.25, 0.3) is 17.7 Å². The first-order chi connectivity index (χ1) is 15.3. The van der Waals surface area contributed by atoms with Crippen LogP contribution in [0.25, 0.3) is 0 Å². The molecule has 1 unspecified atom stereocenters. The monoisotopic (exact) mass is 439 g/mol. The van der Waals surface area contributed by atoms with E-state index in [0.717, 1.165) is 0 Å². The molecule has 170 valence electrons. The second-order valence-corrected chi connectivity index (χ2v) is 7.21. The Morgan fingerprint density at radius 2 is 1.59 bits per heavy atom. The minimum absolute atomic E-state index is 0.0697. The molecule has 0 radical (unpaired) electrons. The van der Waals surface area contributed by atoms with Gasteiger partial charge in [0.1, 0.15) is 0 Å². The van der Waals surface area contributed by atoms with Crippen molar-refractivity contribution in [2.75, 3.05) is 25.0 Å². The summed E-state index contributed by atoms with van der Waals surface area (Å²) in [5, 5.41) is 5.33. The average Bonchev–Trinajstić information content (AvgIpc) is 2.79. The summed E-state index contributed by atoms with van der Waals surface area (Å²) in [5.41, 5.74) is 1.40. The van der Waals surface area contributed by atoms with E-state index in [1.54, 1.807) is 60.4 Å². The number of rotatable bonds is 10. The third-order valence-corrected chi connectivity index (χ3v) is 4.69. The largest absolute Gasteiger partial charge is 0.455 e. The van der Waals surface area contributed by atoms with Gasteiger partial charge in [0.05, 0.1) is 6.42 Å². The Balaban J connectivity index is 1.80. The quantitative estimate of drug-likeness (QED) is 0.554. The lowest BCUT2D eigenvalue weighted by molar-refractivity contribution is -0.147. The first kappa shape index (κ1) is 24.6. The lowest BCUT2D eigenvalue weighted by Gasteiger charge is -2.19. The second kappa shape index (κ2) is 12.2. The number of carbonyl (C=O) groups excluding carboxylic acids is 4. The summed E-state index contributed by atoms with van der Waals surface area (Å²) in [4.78, 5) is 50.4. The van der Waals surface area contributed by atoms with Gasteiger partial charge in [-0.25, -0.2) is 0 Å². The number of hydrogen-bond donors (Lipinski definition) is 2. The van der Waals surface area contributed by atoms with Crippen molar-refractivity contribution in [3.05, 3.63) is 65.7 Å². The van der Waals surface area contributed by atoms with Crippen LogP contribution in [0.1, 0.15) is 47.9 Å². The van der Waals surface area contributed by atoms with Gasteiger partial charge in [0, 0.05) is 35.9 Å². The van der Waals surface area contributed by atoms with Crippen molar-refractivity contribution in [2.45, 2.75) is 33.2 Å². The molecule has 3 amide bonds. The zero-order valence-corrected chi connectivity index (χ0v) is 18.6. The van der Waals surface area contributed by atoms with Gasteiger partial charge < -0.3 is 20.3 Å². The number of esters is 1. The molecule has 2 rings (SSSR count). The summed E-state index contributed by atoms with van der Waals surface area (Å²) < 4.78 is 5.01. The minimum atomic E-state index is -0.605. The van der Waals surface area contributed by atoms with E-state index in [9.17, 15) is 19.2 Å². The molecule has 2 aromatic rings. The van der Waals surface area contributed by atoms with E-state index in [2.05, 4.69) is 10.6 Å². The van der Waals surface area contributed by atoms with Gasteiger partial charge in [0.2, 0.25) is 0 Å². The molecule has 0 heterocycles. The maximum atomic E-state index is 12.4. The van der Waals surface area contributed by atoms with E-state index in [1.807, 2.05) is 19.9 Å². The maximum Gasteiger partial charge on any atom is 0.308 e. The fourth-order valence-electron chi connectivity index (χ4n) is 3.02. The molecule has 0 saturated carbocycles. The predicted molar refractivity (Wildman–Crippen MR) is 121 cm³/mol. The molecule has 8 nitrogen and oxygen atoms in total. The van der Waals surface area contributed by atoms with E-state index < -0.39 is 24.5 Å². The molecule has 0 spiro atoms. The number of nitrogens with zero attached hydrogens (tertiary/aromatic N) is 1. The van der Waals surface area contributed by atoms with E-state index in [1.165, 1.54) is 0 Å². The molecular formula is C24H29N3O5. The Kier molecular flexibility index (Phi) is 9.41. The SMILES string of the molecule is CCN(CC)C(=O)c1cccc(NC(=O)COC(=O)CC(C)NC(=O)c2ccccc2)c1. The third kappa shape index (κ3) is 7.54. The van der Waals surface area contributed by atoms with Crippen molar-refractivity contribution < 1.29 is 23.9 Å². The number of hydrogen-bond acceptors (Lipinski definition) is 5. The fraction of sp³-hybridized carbons (Fsp3) is 0.333. The molecule has 0 saturated heterocycles. The minimum Gasteiger partial charge on any atom is -0.455 e. The summed E-state index contributed by atoms with van der Waals surface area (Å²) in [6.45, 7) is 6.19. The van der Waals surface area contributed by atoms with Crippen molar-refractivity contribution in [3.63, 3.8) is 0 Å². The highest BCUT2D eigenvalue weighted by Crippen LogP contribution is 2.13. The van der Waals surface area contributed by atoms with Crippen molar-refractivity contribution in [1.29, 1.82) is 0 Å². The van der Waals surface area contributed by atoms with E-state index in [4.69, 9.17) is 4.74 Å². The summed E-state index contributed by atoms with van der Waals surface area (Å²) >= 11 is 0. The topological polar surface area (TPSA) is 105 Å². The fourth-order valence-corrected chi connectivity index (χ4v) is 3.02. The third-order valence-electron chi connectivity index (χ3n) is 4.69. The first-order valence-electron chi connectivity index (χ1n) is 10.5. The summed E-state index contributed by atoms with van der Waals surface area (Å²) in [7, 11) is 0. The Hall–Kier alpha value is -3.68. The van der Waals surface area contributed by atoms with Crippen LogP contribution in [-0.2, 0) is 14.3 Å². The molecule has 0 aliphatic carbocycles. The summed E-state index contributed by atoms with van der Waals surface area (Å²) in [5.74, 6) is -1.54. The van der Waals surface area contributed by atoms with Crippen LogP contribution in [0.3, 0.4) is 0 Å². The molecule has 8 heteroatoms. The standard InChI is InChI=1S/C24H29N3O5/c1-4-27(5-2)24(31)19-12-9-13-20(15-19)26-21(28)16-32-22(29)14-17(3)25-23(30)18-10-7-6-8-11-18/h6-13,15,17H,4-5,14,16H2,1-3H3,(H,25,30)(H,26,28). The van der Waals surface area contributed by atoms with Crippen molar-refractivity contribution >= 4 is 29.4 Å². The Bertz CT molecular complexity index is 942. The molecule has 2 N–H and O–H groups in total. The van der Waals surface area contributed by atoms with Gasteiger partial charge >= 0.3 is 5.97 Å². The Morgan fingerprint density at radius 3 is 2.25 bits per heavy atom. The van der Waals surface area contributed by atoms with Gasteiger partial charge in [-0.05, 0) is 51.1 Å². The van der Waals surface area contributed by atoms with Crippen LogP contribution < -0.4 is 10.6 Å². The normalized spacial score (nSPS) is 11.2. The number of carbonyl (C=O) groups is 4. The zero-order valence-electron chi connectivity index (χ0n) is 18.6. The molecule has 32 heavy (non-hydrogen) atoms. The molecule has 0 aliphatic heterocycles. The van der Waals surface area contributed by atoms with Crippen molar-refractivity contribution in [1.82, 2.24) is 10.2 Å². The van der Waals surface area contributed by atoms with E-state index in [-0.39, 0.29) is 18.2 Å². The Labute approximate surface area is 187 Å². The number of ether oxygens (including phenoxy) is 1. The number of nitrogens with one attached hydrogen (secondary N) is 2. The van der Waals surface area contributed by atoms with Crippen LogP contribution in [0.2, 0.25) is 0 Å². The highest BCUT2D eigenvalue weighted by molar-refractivity contribution is 5.98. The first-order valence-corrected chi connectivity index (χ1v) is 10.5. The molecule has 0 aromatic heterocycles.